The van der Waals surface area contributed by atoms with Crippen molar-refractivity contribution in [3.63, 3.8) is 0 Å². The molecule has 2 aliphatic heterocycles. The molecule has 3 heterocycles. The van der Waals surface area contributed by atoms with Crippen molar-refractivity contribution in [2.24, 2.45) is 0 Å². The number of piperidine rings is 1. The average molecular weight is 274 g/mol. The maximum absolute atomic E-state index is 4.64. The van der Waals surface area contributed by atoms with Crippen LogP contribution in [0.4, 0.5) is 0 Å². The molecule has 0 saturated carbocycles. The Balaban J connectivity index is 1.72. The number of hydrogen-bond donors (Lipinski definition) is 1. The van der Waals surface area contributed by atoms with Crippen LogP contribution in [0.5, 0.6) is 0 Å². The summed E-state index contributed by atoms with van der Waals surface area (Å²) >= 11 is 0. The number of nitrogens with zero attached hydrogens (tertiary/aromatic N) is 3. The van der Waals surface area contributed by atoms with Crippen LogP contribution in [0.25, 0.3) is 0 Å². The van der Waals surface area contributed by atoms with Crippen molar-refractivity contribution < 1.29 is 0 Å². The van der Waals surface area contributed by atoms with Crippen molar-refractivity contribution in [1.29, 1.82) is 0 Å². The van der Waals surface area contributed by atoms with E-state index in [1.165, 1.54) is 38.0 Å². The van der Waals surface area contributed by atoms with E-state index in [4.69, 9.17) is 0 Å². The van der Waals surface area contributed by atoms with Gasteiger partial charge < -0.3 is 5.32 Å². The van der Waals surface area contributed by atoms with Gasteiger partial charge in [-0.3, -0.25) is 14.8 Å². The number of likely N-dealkylation sites (tertiary alicyclic amines) is 1. The van der Waals surface area contributed by atoms with Crippen LogP contribution >= 0.6 is 0 Å². The van der Waals surface area contributed by atoms with Crippen LogP contribution in [0.2, 0.25) is 0 Å². The van der Waals surface area contributed by atoms with Crippen LogP contribution in [0.15, 0.2) is 24.4 Å². The van der Waals surface area contributed by atoms with Crippen LogP contribution in [0.1, 0.15) is 31.0 Å². The van der Waals surface area contributed by atoms with Crippen molar-refractivity contribution in [3.05, 3.63) is 30.1 Å². The summed E-state index contributed by atoms with van der Waals surface area (Å²) in [5, 5.41) is 3.44. The Morgan fingerprint density at radius 2 is 1.85 bits per heavy atom. The van der Waals surface area contributed by atoms with Crippen molar-refractivity contribution in [1.82, 2.24) is 20.1 Å². The van der Waals surface area contributed by atoms with Gasteiger partial charge in [-0.15, -0.1) is 0 Å². The molecule has 3 rings (SSSR count). The van der Waals surface area contributed by atoms with Crippen LogP contribution < -0.4 is 5.32 Å². The monoisotopic (exact) mass is 274 g/mol. The van der Waals surface area contributed by atoms with E-state index in [1.54, 1.807) is 0 Å². The Hall–Kier alpha value is -0.970. The molecule has 110 valence electrons. The second-order valence-corrected chi connectivity index (χ2v) is 5.92. The van der Waals surface area contributed by atoms with E-state index in [0.29, 0.717) is 6.04 Å². The van der Waals surface area contributed by atoms with Crippen molar-refractivity contribution in [3.8, 4) is 0 Å². The van der Waals surface area contributed by atoms with E-state index < -0.39 is 0 Å². The molecule has 1 atom stereocenters. The van der Waals surface area contributed by atoms with Crippen LogP contribution in [-0.4, -0.2) is 60.6 Å². The van der Waals surface area contributed by atoms with E-state index in [-0.39, 0.29) is 0 Å². The highest BCUT2D eigenvalue weighted by Crippen LogP contribution is 2.24. The number of pyridine rings is 1. The van der Waals surface area contributed by atoms with E-state index in [2.05, 4.69) is 32.2 Å². The first-order chi connectivity index (χ1) is 9.93. The fourth-order valence-electron chi connectivity index (χ4n) is 3.34. The lowest BCUT2D eigenvalue weighted by Crippen LogP contribution is -2.48. The maximum atomic E-state index is 4.64. The minimum atomic E-state index is 0.467. The highest BCUT2D eigenvalue weighted by Gasteiger charge is 2.25. The van der Waals surface area contributed by atoms with Gasteiger partial charge in [0.25, 0.3) is 0 Å². The summed E-state index contributed by atoms with van der Waals surface area (Å²) in [7, 11) is 0. The summed E-state index contributed by atoms with van der Waals surface area (Å²) < 4.78 is 0. The summed E-state index contributed by atoms with van der Waals surface area (Å²) in [5.41, 5.74) is 1.24. The van der Waals surface area contributed by atoms with Crippen molar-refractivity contribution in [2.45, 2.75) is 25.3 Å². The zero-order valence-electron chi connectivity index (χ0n) is 12.3. The number of rotatable bonds is 4. The highest BCUT2D eigenvalue weighted by atomic mass is 15.2. The highest BCUT2D eigenvalue weighted by molar-refractivity contribution is 5.10. The fraction of sp³-hybridized carbons (Fsp3) is 0.688. The van der Waals surface area contributed by atoms with E-state index >= 15 is 0 Å². The molecule has 4 heteroatoms. The summed E-state index contributed by atoms with van der Waals surface area (Å²) in [6, 6.07) is 6.80. The third kappa shape index (κ3) is 3.57. The fourth-order valence-corrected chi connectivity index (χ4v) is 3.34. The predicted octanol–water partition coefficient (Wildman–Crippen LogP) is 1.51. The molecule has 0 aromatic carbocycles. The van der Waals surface area contributed by atoms with Crippen LogP contribution in [0, 0.1) is 0 Å². The van der Waals surface area contributed by atoms with Gasteiger partial charge in [0, 0.05) is 38.9 Å². The Bertz CT molecular complexity index is 383. The second kappa shape index (κ2) is 7.16. The number of piperazine rings is 1. The van der Waals surface area contributed by atoms with Gasteiger partial charge in [0.2, 0.25) is 0 Å². The Morgan fingerprint density at radius 3 is 2.55 bits per heavy atom. The smallest absolute Gasteiger partial charge is 0.0649 e. The molecule has 20 heavy (non-hydrogen) atoms. The summed E-state index contributed by atoms with van der Waals surface area (Å²) in [4.78, 5) is 9.87. The van der Waals surface area contributed by atoms with Gasteiger partial charge in [-0.1, -0.05) is 12.5 Å². The molecule has 1 unspecified atom stereocenters. The van der Waals surface area contributed by atoms with Gasteiger partial charge in [0.05, 0.1) is 11.7 Å². The second-order valence-electron chi connectivity index (χ2n) is 5.92. The molecule has 0 spiro atoms. The minimum absolute atomic E-state index is 0.467. The molecule has 0 radical (unpaired) electrons. The van der Waals surface area contributed by atoms with Crippen molar-refractivity contribution >= 4 is 0 Å². The number of nitrogens with one attached hydrogen (secondary N) is 1. The third-order valence-corrected chi connectivity index (χ3v) is 4.50. The number of hydrogen-bond acceptors (Lipinski definition) is 4. The average Bonchev–Trinajstić information content (AvgIpc) is 2.55. The van der Waals surface area contributed by atoms with Gasteiger partial charge in [-0.05, 0) is 38.1 Å². The molecular formula is C16H26N4. The largest absolute Gasteiger partial charge is 0.314 e. The van der Waals surface area contributed by atoms with Gasteiger partial charge in [0.1, 0.15) is 0 Å². The zero-order chi connectivity index (χ0) is 13.6. The maximum Gasteiger partial charge on any atom is 0.0649 e. The molecule has 2 aliphatic rings. The van der Waals surface area contributed by atoms with Gasteiger partial charge in [-0.25, -0.2) is 0 Å². The molecule has 2 fully saturated rings. The first-order valence-corrected chi connectivity index (χ1v) is 8.01. The first-order valence-electron chi connectivity index (χ1n) is 8.01. The minimum Gasteiger partial charge on any atom is -0.314 e. The lowest BCUT2D eigenvalue weighted by molar-refractivity contribution is 0.109. The van der Waals surface area contributed by atoms with Crippen molar-refractivity contribution in [2.75, 3.05) is 45.8 Å². The Morgan fingerprint density at radius 1 is 1.05 bits per heavy atom. The molecule has 4 nitrogen and oxygen atoms in total. The standard InChI is InChI=1S/C16H26N4/c1-4-10-20(11-5-1)16(15-6-2-3-7-18-15)14-19-12-8-17-9-13-19/h2-3,6-7,16-17H,1,4-5,8-14H2. The Labute approximate surface area is 122 Å². The van der Waals surface area contributed by atoms with Crippen LogP contribution in [0.3, 0.4) is 0 Å². The summed E-state index contributed by atoms with van der Waals surface area (Å²) in [6.45, 7) is 8.15. The van der Waals surface area contributed by atoms with E-state index in [1.807, 2.05) is 12.3 Å². The third-order valence-electron chi connectivity index (χ3n) is 4.50. The van der Waals surface area contributed by atoms with E-state index in [9.17, 15) is 0 Å². The molecule has 0 amide bonds. The molecule has 0 bridgehead atoms. The predicted molar refractivity (Wildman–Crippen MR) is 81.7 cm³/mol. The summed E-state index contributed by atoms with van der Waals surface area (Å²) in [5.74, 6) is 0. The lowest BCUT2D eigenvalue weighted by Gasteiger charge is -2.38. The van der Waals surface area contributed by atoms with Gasteiger partial charge in [-0.2, -0.15) is 0 Å². The van der Waals surface area contributed by atoms with E-state index in [0.717, 1.165) is 32.7 Å². The van der Waals surface area contributed by atoms with Gasteiger partial charge >= 0.3 is 0 Å². The SMILES string of the molecule is c1ccc(C(CN2CCNCC2)N2CCCCC2)nc1. The first kappa shape index (κ1) is 14.0. The molecule has 1 N–H and O–H groups in total. The normalized spacial score (nSPS) is 23.6. The number of aromatic nitrogens is 1. The molecule has 0 aliphatic carbocycles. The summed E-state index contributed by atoms with van der Waals surface area (Å²) in [6.07, 6.45) is 6.00. The Kier molecular flexibility index (Phi) is 5.01. The molecule has 1 aromatic heterocycles. The zero-order valence-corrected chi connectivity index (χ0v) is 12.3. The van der Waals surface area contributed by atoms with Gasteiger partial charge in [0.15, 0.2) is 0 Å². The molecule has 1 aromatic rings. The molecule has 2 saturated heterocycles. The topological polar surface area (TPSA) is 31.4 Å². The van der Waals surface area contributed by atoms with Crippen LogP contribution in [-0.2, 0) is 0 Å². The lowest BCUT2D eigenvalue weighted by atomic mass is 10.0. The quantitative estimate of drug-likeness (QED) is 0.902. The molecular weight excluding hydrogens is 248 g/mol.